The fourth-order valence-electron chi connectivity index (χ4n) is 0.806. The van der Waals surface area contributed by atoms with Gasteiger partial charge in [-0.05, 0) is 12.8 Å². The molecule has 12 heavy (non-hydrogen) atoms. The van der Waals surface area contributed by atoms with Gasteiger partial charge in [0, 0.05) is 0 Å². The van der Waals surface area contributed by atoms with Gasteiger partial charge in [0.1, 0.15) is 12.5 Å². The van der Waals surface area contributed by atoms with Gasteiger partial charge in [-0.2, -0.15) is 0 Å². The molecule has 70 valence electrons. The number of rotatable bonds is 5. The van der Waals surface area contributed by atoms with Crippen LogP contribution in [0.2, 0.25) is 0 Å². The topological polar surface area (TPSA) is 63.6 Å². The summed E-state index contributed by atoms with van der Waals surface area (Å²) in [6.07, 6.45) is 0.761. The number of carboxylic acids is 1. The number of ether oxygens (including phenoxy) is 1. The number of hydrogen-bond acceptors (Lipinski definition) is 3. The Morgan fingerprint density at radius 2 is 1.83 bits per heavy atom. The van der Waals surface area contributed by atoms with Gasteiger partial charge < -0.3 is 9.84 Å². The third-order valence-electron chi connectivity index (χ3n) is 1.50. The minimum absolute atomic E-state index is 0.142. The number of esters is 1. The van der Waals surface area contributed by atoms with Crippen molar-refractivity contribution in [1.82, 2.24) is 0 Å². The van der Waals surface area contributed by atoms with Gasteiger partial charge in [-0.3, -0.25) is 9.59 Å². The highest BCUT2D eigenvalue weighted by atomic mass is 16.5. The fraction of sp³-hybridized carbons (Fsp3) is 0.750. The van der Waals surface area contributed by atoms with Gasteiger partial charge in [-0.25, -0.2) is 0 Å². The van der Waals surface area contributed by atoms with Crippen molar-refractivity contribution in [2.45, 2.75) is 39.2 Å². The second-order valence-corrected chi connectivity index (χ2v) is 2.50. The zero-order valence-corrected chi connectivity index (χ0v) is 7.37. The molecule has 4 heteroatoms. The van der Waals surface area contributed by atoms with Gasteiger partial charge in [-0.15, -0.1) is 0 Å². The van der Waals surface area contributed by atoms with E-state index in [0.29, 0.717) is 0 Å². The average molecular weight is 174 g/mol. The Labute approximate surface area is 71.5 Å². The summed E-state index contributed by atoms with van der Waals surface area (Å²) in [5, 5.41) is 8.24. The molecule has 0 aromatic heterocycles. The molecule has 0 atom stereocenters. The van der Waals surface area contributed by atoms with Crippen LogP contribution in [0.15, 0.2) is 0 Å². The van der Waals surface area contributed by atoms with Gasteiger partial charge in [0.25, 0.3) is 0 Å². The van der Waals surface area contributed by atoms with Crippen LogP contribution < -0.4 is 0 Å². The highest BCUT2D eigenvalue weighted by molar-refractivity contribution is 5.90. The molecule has 0 radical (unpaired) electrons. The van der Waals surface area contributed by atoms with Gasteiger partial charge in [-0.1, -0.05) is 13.8 Å². The summed E-state index contributed by atoms with van der Waals surface area (Å²) in [4.78, 5) is 20.8. The number of aliphatic carboxylic acids is 1. The van der Waals surface area contributed by atoms with Crippen LogP contribution in [-0.2, 0) is 14.3 Å². The summed E-state index contributed by atoms with van der Waals surface area (Å²) in [5.74, 6) is -1.80. The molecular weight excluding hydrogens is 160 g/mol. The molecule has 0 amide bonds. The summed E-state index contributed by atoms with van der Waals surface area (Å²) >= 11 is 0. The van der Waals surface area contributed by atoms with E-state index in [4.69, 9.17) is 9.84 Å². The smallest absolute Gasteiger partial charge is 0.317 e. The predicted molar refractivity (Wildman–Crippen MR) is 42.7 cm³/mol. The van der Waals surface area contributed by atoms with Crippen LogP contribution in [0.1, 0.15) is 33.1 Å². The summed E-state index contributed by atoms with van der Waals surface area (Å²) in [5.41, 5.74) is 0. The van der Waals surface area contributed by atoms with Crippen molar-refractivity contribution < 1.29 is 19.4 Å². The molecule has 0 heterocycles. The van der Waals surface area contributed by atoms with E-state index in [1.165, 1.54) is 0 Å². The quantitative estimate of drug-likeness (QED) is 0.502. The molecule has 0 fully saturated rings. The molecule has 0 aliphatic heterocycles. The third kappa shape index (κ3) is 4.71. The van der Waals surface area contributed by atoms with Crippen LogP contribution >= 0.6 is 0 Å². The first-order valence-electron chi connectivity index (χ1n) is 4.01. The van der Waals surface area contributed by atoms with Crippen molar-refractivity contribution >= 4 is 11.9 Å². The molecule has 0 spiro atoms. The van der Waals surface area contributed by atoms with Crippen molar-refractivity contribution in [3.63, 3.8) is 0 Å². The normalized spacial score (nSPS) is 9.92. The van der Waals surface area contributed by atoms with Crippen molar-refractivity contribution in [3.8, 4) is 0 Å². The molecule has 0 bridgehead atoms. The van der Waals surface area contributed by atoms with Gasteiger partial charge in [0.15, 0.2) is 0 Å². The number of carbonyl (C=O) groups excluding carboxylic acids is 1. The summed E-state index contributed by atoms with van der Waals surface area (Å²) in [6.45, 7) is 3.78. The monoisotopic (exact) mass is 174 g/mol. The Bertz CT molecular complexity index is 160. The summed E-state index contributed by atoms with van der Waals surface area (Å²) in [6, 6.07) is 0. The van der Waals surface area contributed by atoms with E-state index in [2.05, 4.69) is 0 Å². The van der Waals surface area contributed by atoms with E-state index in [-0.39, 0.29) is 6.10 Å². The Hall–Kier alpha value is -1.06. The first kappa shape index (κ1) is 10.9. The van der Waals surface area contributed by atoms with Crippen molar-refractivity contribution in [1.29, 1.82) is 0 Å². The molecule has 0 saturated heterocycles. The van der Waals surface area contributed by atoms with Crippen molar-refractivity contribution in [3.05, 3.63) is 0 Å². The Morgan fingerprint density at radius 3 is 2.17 bits per heavy atom. The van der Waals surface area contributed by atoms with E-state index >= 15 is 0 Å². The summed E-state index contributed by atoms with van der Waals surface area (Å²) in [7, 11) is 0. The Kier molecular flexibility index (Phi) is 5.08. The standard InChI is InChI=1S/C8H14O4/c1-3-6(4-2)12-8(11)5-7(9)10/h6H,3-5H2,1-2H3,(H,9,10). The zero-order chi connectivity index (χ0) is 9.56. The maximum absolute atomic E-state index is 10.8. The van der Waals surface area contributed by atoms with Gasteiger partial charge in [0.05, 0.1) is 0 Å². The van der Waals surface area contributed by atoms with Crippen molar-refractivity contribution in [2.75, 3.05) is 0 Å². The van der Waals surface area contributed by atoms with Crippen LogP contribution in [0, 0.1) is 0 Å². The lowest BCUT2D eigenvalue weighted by molar-refractivity contribution is -0.155. The minimum Gasteiger partial charge on any atom is -0.481 e. The lowest BCUT2D eigenvalue weighted by atomic mass is 10.2. The van der Waals surface area contributed by atoms with E-state index < -0.39 is 18.4 Å². The third-order valence-corrected chi connectivity index (χ3v) is 1.50. The molecule has 0 aliphatic rings. The maximum Gasteiger partial charge on any atom is 0.317 e. The van der Waals surface area contributed by atoms with Crippen LogP contribution in [0.4, 0.5) is 0 Å². The first-order valence-corrected chi connectivity index (χ1v) is 4.01. The van der Waals surface area contributed by atoms with E-state index in [1.807, 2.05) is 13.8 Å². The van der Waals surface area contributed by atoms with E-state index in [0.717, 1.165) is 12.8 Å². The molecule has 1 N–H and O–H groups in total. The molecule has 0 saturated carbocycles. The van der Waals surface area contributed by atoms with Crippen LogP contribution in [0.5, 0.6) is 0 Å². The lowest BCUT2D eigenvalue weighted by Gasteiger charge is -2.12. The number of carboxylic acid groups (broad SMARTS) is 1. The Balaban J connectivity index is 3.74. The van der Waals surface area contributed by atoms with Gasteiger partial charge >= 0.3 is 11.9 Å². The fourth-order valence-corrected chi connectivity index (χ4v) is 0.806. The molecule has 0 aromatic carbocycles. The SMILES string of the molecule is CCC(CC)OC(=O)CC(=O)O. The first-order chi connectivity index (χ1) is 5.60. The molecular formula is C8H14O4. The van der Waals surface area contributed by atoms with Crippen LogP contribution in [0.25, 0.3) is 0 Å². The second-order valence-electron chi connectivity index (χ2n) is 2.50. The van der Waals surface area contributed by atoms with Crippen LogP contribution in [-0.4, -0.2) is 23.1 Å². The van der Waals surface area contributed by atoms with Crippen molar-refractivity contribution in [2.24, 2.45) is 0 Å². The molecule has 0 aliphatic carbocycles. The lowest BCUT2D eigenvalue weighted by Crippen LogP contribution is -2.18. The van der Waals surface area contributed by atoms with E-state index in [1.54, 1.807) is 0 Å². The number of hydrogen-bond donors (Lipinski definition) is 1. The second kappa shape index (κ2) is 5.57. The largest absolute Gasteiger partial charge is 0.481 e. The highest BCUT2D eigenvalue weighted by Gasteiger charge is 2.13. The average Bonchev–Trinajstić information content (AvgIpc) is 1.98. The Morgan fingerprint density at radius 1 is 1.33 bits per heavy atom. The highest BCUT2D eigenvalue weighted by Crippen LogP contribution is 2.03. The van der Waals surface area contributed by atoms with Gasteiger partial charge in [0.2, 0.25) is 0 Å². The van der Waals surface area contributed by atoms with Crippen LogP contribution in [0.3, 0.4) is 0 Å². The molecule has 0 rings (SSSR count). The van der Waals surface area contributed by atoms with E-state index in [9.17, 15) is 9.59 Å². The molecule has 0 aromatic rings. The predicted octanol–water partition coefficient (Wildman–Crippen LogP) is 1.19. The summed E-state index contributed by atoms with van der Waals surface area (Å²) < 4.78 is 4.84. The number of carbonyl (C=O) groups is 2. The maximum atomic E-state index is 10.8. The molecule has 4 nitrogen and oxygen atoms in total. The minimum atomic E-state index is -1.15. The molecule has 0 unspecified atom stereocenters. The zero-order valence-electron chi connectivity index (χ0n) is 7.37.